The second-order valence-corrected chi connectivity index (χ2v) is 8.38. The van der Waals surface area contributed by atoms with Crippen LogP contribution in [0.3, 0.4) is 0 Å². The third kappa shape index (κ3) is 3.72. The zero-order chi connectivity index (χ0) is 21.4. The van der Waals surface area contributed by atoms with E-state index in [9.17, 15) is 14.4 Å². The number of nitrogens with one attached hydrogen (secondary N) is 1. The van der Waals surface area contributed by atoms with Crippen molar-refractivity contribution in [3.63, 3.8) is 0 Å². The van der Waals surface area contributed by atoms with Crippen LogP contribution in [0.25, 0.3) is 10.9 Å². The Morgan fingerprint density at radius 3 is 2.74 bits per heavy atom. The molecule has 31 heavy (non-hydrogen) atoms. The topological polar surface area (TPSA) is 69.0 Å². The summed E-state index contributed by atoms with van der Waals surface area (Å²) in [5.41, 5.74) is 5.40. The minimum absolute atomic E-state index is 0.0451. The number of pyridine rings is 1. The van der Waals surface area contributed by atoms with Gasteiger partial charge >= 0.3 is 0 Å². The molecule has 0 bridgehead atoms. The number of carbonyl (C=O) groups excluding carboxylic acids is 1. The zero-order valence-electron chi connectivity index (χ0n) is 17.2. The molecule has 3 aromatic rings. The molecule has 0 radical (unpaired) electrons. The Balaban J connectivity index is 1.31. The number of nitriles is 1. The Hall–Kier alpha value is -3.46. The first-order valence-corrected chi connectivity index (χ1v) is 10.8. The maximum absolute atomic E-state index is 13.9. The van der Waals surface area contributed by atoms with Gasteiger partial charge in [-0.2, -0.15) is 5.26 Å². The SMILES string of the molecule is N#Cc1cnc2ccc(F)cc2c1N1CCC(C(=O)Nc2ccc3c(c2)CCC3)CC1. The highest BCUT2D eigenvalue weighted by Gasteiger charge is 2.27. The molecule has 0 spiro atoms. The zero-order valence-corrected chi connectivity index (χ0v) is 17.2. The lowest BCUT2D eigenvalue weighted by molar-refractivity contribution is -0.120. The standard InChI is InChI=1S/C25H23FN4O/c26-20-5-7-23-22(13-20)24(19(14-27)15-28-23)30-10-8-17(9-11-30)25(31)29-21-6-4-16-2-1-3-18(16)12-21/h4-7,12-13,15,17H,1-3,8-11H2,(H,29,31). The summed E-state index contributed by atoms with van der Waals surface area (Å²) in [7, 11) is 0. The van der Waals surface area contributed by atoms with Crippen LogP contribution < -0.4 is 10.2 Å². The smallest absolute Gasteiger partial charge is 0.227 e. The fourth-order valence-electron chi connectivity index (χ4n) is 4.83. The largest absolute Gasteiger partial charge is 0.370 e. The summed E-state index contributed by atoms with van der Waals surface area (Å²) < 4.78 is 13.9. The number of aryl methyl sites for hydroxylation is 2. The van der Waals surface area contributed by atoms with Crippen molar-refractivity contribution in [1.29, 1.82) is 5.26 Å². The van der Waals surface area contributed by atoms with Crippen molar-refractivity contribution < 1.29 is 9.18 Å². The van der Waals surface area contributed by atoms with E-state index < -0.39 is 0 Å². The third-order valence-corrected chi connectivity index (χ3v) is 6.47. The summed E-state index contributed by atoms with van der Waals surface area (Å²) in [4.78, 5) is 19.2. The molecule has 156 valence electrons. The lowest BCUT2D eigenvalue weighted by atomic mass is 9.94. The number of benzene rings is 2. The minimum Gasteiger partial charge on any atom is -0.370 e. The van der Waals surface area contributed by atoms with Gasteiger partial charge in [0, 0.05) is 36.3 Å². The molecule has 1 aliphatic heterocycles. The second-order valence-electron chi connectivity index (χ2n) is 8.38. The van der Waals surface area contributed by atoms with Crippen LogP contribution in [0.15, 0.2) is 42.6 Å². The molecule has 6 heteroatoms. The van der Waals surface area contributed by atoms with E-state index in [0.717, 1.165) is 18.5 Å². The summed E-state index contributed by atoms with van der Waals surface area (Å²) in [5, 5.41) is 13.3. The van der Waals surface area contributed by atoms with Gasteiger partial charge in [-0.1, -0.05) is 6.07 Å². The van der Waals surface area contributed by atoms with Gasteiger partial charge in [0.1, 0.15) is 11.9 Å². The quantitative estimate of drug-likeness (QED) is 0.681. The van der Waals surface area contributed by atoms with Gasteiger partial charge in [-0.05, 0) is 73.6 Å². The number of halogens is 1. The molecule has 5 nitrogen and oxygen atoms in total. The van der Waals surface area contributed by atoms with Crippen molar-refractivity contribution in [3.8, 4) is 6.07 Å². The van der Waals surface area contributed by atoms with Crippen molar-refractivity contribution in [2.45, 2.75) is 32.1 Å². The van der Waals surface area contributed by atoms with Gasteiger partial charge in [0.25, 0.3) is 0 Å². The van der Waals surface area contributed by atoms with Crippen molar-refractivity contribution in [3.05, 3.63) is 65.1 Å². The Kier molecular flexibility index (Phi) is 5.03. The van der Waals surface area contributed by atoms with E-state index in [4.69, 9.17) is 0 Å². The van der Waals surface area contributed by atoms with Gasteiger partial charge in [0.05, 0.1) is 16.8 Å². The number of nitrogens with zero attached hydrogens (tertiary/aromatic N) is 3. The van der Waals surface area contributed by atoms with Crippen LogP contribution in [0.4, 0.5) is 15.8 Å². The average molecular weight is 414 g/mol. The number of amides is 1. The second kappa shape index (κ2) is 7.99. The maximum atomic E-state index is 13.9. The Morgan fingerprint density at radius 2 is 1.94 bits per heavy atom. The third-order valence-electron chi connectivity index (χ3n) is 6.47. The van der Waals surface area contributed by atoms with E-state index >= 15 is 0 Å². The monoisotopic (exact) mass is 414 g/mol. The van der Waals surface area contributed by atoms with Gasteiger partial charge in [0.15, 0.2) is 0 Å². The highest BCUT2D eigenvalue weighted by molar-refractivity contribution is 5.95. The molecule has 1 fully saturated rings. The molecule has 5 rings (SSSR count). The molecule has 1 aliphatic carbocycles. The van der Waals surface area contributed by atoms with Crippen LogP contribution >= 0.6 is 0 Å². The first-order chi connectivity index (χ1) is 15.1. The number of anilines is 2. The van der Waals surface area contributed by atoms with Gasteiger partial charge in [-0.25, -0.2) is 4.39 Å². The number of hydrogen-bond acceptors (Lipinski definition) is 4. The fourth-order valence-corrected chi connectivity index (χ4v) is 4.83. The van der Waals surface area contributed by atoms with Crippen molar-refractivity contribution in [1.82, 2.24) is 4.98 Å². The van der Waals surface area contributed by atoms with Gasteiger partial charge in [0.2, 0.25) is 5.91 Å². The minimum atomic E-state index is -0.353. The van der Waals surface area contributed by atoms with Gasteiger partial charge < -0.3 is 10.2 Å². The van der Waals surface area contributed by atoms with Crippen LogP contribution in [-0.4, -0.2) is 24.0 Å². The Bertz CT molecular complexity index is 1210. The van der Waals surface area contributed by atoms with Gasteiger partial charge in [-0.3, -0.25) is 9.78 Å². The number of hydrogen-bond donors (Lipinski definition) is 1. The molecular formula is C25H23FN4O. The Morgan fingerprint density at radius 1 is 1.13 bits per heavy atom. The van der Waals surface area contributed by atoms with Crippen LogP contribution in [0.1, 0.15) is 36.0 Å². The van der Waals surface area contributed by atoms with Crippen LogP contribution in [0.2, 0.25) is 0 Å². The van der Waals surface area contributed by atoms with Crippen molar-refractivity contribution in [2.75, 3.05) is 23.3 Å². The van der Waals surface area contributed by atoms with Crippen LogP contribution in [0.5, 0.6) is 0 Å². The molecule has 1 saturated heterocycles. The normalized spacial score (nSPS) is 16.2. The molecule has 0 unspecified atom stereocenters. The first-order valence-electron chi connectivity index (χ1n) is 10.8. The van der Waals surface area contributed by atoms with E-state index in [1.54, 1.807) is 12.3 Å². The lowest BCUT2D eigenvalue weighted by Crippen LogP contribution is -2.38. The van der Waals surface area contributed by atoms with Gasteiger partial charge in [-0.15, -0.1) is 0 Å². The Labute approximate surface area is 180 Å². The fraction of sp³-hybridized carbons (Fsp3) is 0.320. The van der Waals surface area contributed by atoms with Crippen LogP contribution in [0, 0.1) is 23.1 Å². The highest BCUT2D eigenvalue weighted by Crippen LogP contribution is 2.33. The van der Waals surface area contributed by atoms with E-state index in [1.165, 1.54) is 29.7 Å². The number of piperidine rings is 1. The van der Waals surface area contributed by atoms with E-state index in [-0.39, 0.29) is 17.6 Å². The molecule has 0 saturated carbocycles. The van der Waals surface area contributed by atoms with Crippen molar-refractivity contribution in [2.24, 2.45) is 5.92 Å². The van der Waals surface area contributed by atoms with E-state index in [2.05, 4.69) is 33.4 Å². The molecule has 2 aliphatic rings. The van der Waals surface area contributed by atoms with Crippen molar-refractivity contribution >= 4 is 28.2 Å². The summed E-state index contributed by atoms with van der Waals surface area (Å²) in [5.74, 6) is -0.391. The summed E-state index contributed by atoms with van der Waals surface area (Å²) in [6, 6.07) is 12.8. The maximum Gasteiger partial charge on any atom is 0.227 e. The number of carbonyl (C=O) groups is 1. The predicted octanol–water partition coefficient (Wildman–Crippen LogP) is 4.59. The van der Waals surface area contributed by atoms with Crippen LogP contribution in [-0.2, 0) is 17.6 Å². The molecule has 1 N–H and O–H groups in total. The van der Waals surface area contributed by atoms with E-state index in [0.29, 0.717) is 48.1 Å². The molecule has 2 heterocycles. The number of rotatable bonds is 3. The molecule has 1 aromatic heterocycles. The average Bonchev–Trinajstić information content (AvgIpc) is 3.26. The highest BCUT2D eigenvalue weighted by atomic mass is 19.1. The summed E-state index contributed by atoms with van der Waals surface area (Å²) in [6.07, 6.45) is 6.30. The number of aromatic nitrogens is 1. The lowest BCUT2D eigenvalue weighted by Gasteiger charge is -2.34. The molecule has 0 atom stereocenters. The van der Waals surface area contributed by atoms with E-state index in [1.807, 2.05) is 6.07 Å². The molecule has 2 aromatic carbocycles. The molecule has 1 amide bonds. The number of fused-ring (bicyclic) bond motifs is 2. The predicted molar refractivity (Wildman–Crippen MR) is 118 cm³/mol. The molecular weight excluding hydrogens is 391 g/mol. The first kappa shape index (κ1) is 19.5. The summed E-state index contributed by atoms with van der Waals surface area (Å²) in [6.45, 7) is 1.26. The summed E-state index contributed by atoms with van der Waals surface area (Å²) >= 11 is 0.